The normalized spacial score (nSPS) is 14.5. The van der Waals surface area contributed by atoms with Crippen LogP contribution in [0.15, 0.2) is 65.6 Å². The molecule has 0 radical (unpaired) electrons. The smallest absolute Gasteiger partial charge is 0.340 e. The number of hydrogen-bond donors (Lipinski definition) is 2. The second kappa shape index (κ2) is 9.07. The molecule has 2 aromatic heterocycles. The lowest BCUT2D eigenvalue weighted by atomic mass is 9.91. The molecule has 36 heavy (non-hydrogen) atoms. The fourth-order valence-corrected chi connectivity index (χ4v) is 4.69. The van der Waals surface area contributed by atoms with Crippen LogP contribution in [0.3, 0.4) is 0 Å². The Bertz CT molecular complexity index is 1530. The average molecular weight is 491 g/mol. The molecule has 184 valence electrons. The molecule has 5 rings (SSSR count). The van der Waals surface area contributed by atoms with Crippen molar-refractivity contribution in [3.8, 4) is 0 Å². The first-order valence-electron chi connectivity index (χ1n) is 11.5. The fraction of sp³-hybridized carbons (Fsp3) is 0.222. The van der Waals surface area contributed by atoms with Gasteiger partial charge in [0, 0.05) is 30.8 Å². The van der Waals surface area contributed by atoms with Crippen molar-refractivity contribution < 1.29 is 18.7 Å². The summed E-state index contributed by atoms with van der Waals surface area (Å²) < 4.78 is 29.9. The number of carbonyl (C=O) groups is 1. The molecule has 0 unspecified atom stereocenters. The van der Waals surface area contributed by atoms with Crippen molar-refractivity contribution in [3.05, 3.63) is 105 Å². The molecule has 3 heterocycles. The number of carboxylic acid groups (broad SMARTS) is 1. The summed E-state index contributed by atoms with van der Waals surface area (Å²) in [4.78, 5) is 31.6. The van der Waals surface area contributed by atoms with Crippen LogP contribution in [0.1, 0.15) is 45.9 Å². The molecular formula is C27H24F2N4O3. The van der Waals surface area contributed by atoms with Gasteiger partial charge in [0.1, 0.15) is 28.7 Å². The first-order valence-corrected chi connectivity index (χ1v) is 11.5. The Labute approximate surface area is 205 Å². The van der Waals surface area contributed by atoms with Crippen LogP contribution in [0.25, 0.3) is 5.65 Å². The Balaban J connectivity index is 1.53. The largest absolute Gasteiger partial charge is 0.478 e. The minimum Gasteiger partial charge on any atom is -0.478 e. The van der Waals surface area contributed by atoms with Crippen LogP contribution in [0.5, 0.6) is 0 Å². The monoisotopic (exact) mass is 490 g/mol. The van der Waals surface area contributed by atoms with Gasteiger partial charge in [0.05, 0.1) is 17.3 Å². The summed E-state index contributed by atoms with van der Waals surface area (Å²) in [6.45, 7) is 4.74. The highest BCUT2D eigenvalue weighted by molar-refractivity contribution is 5.94. The molecule has 9 heteroatoms. The van der Waals surface area contributed by atoms with Gasteiger partial charge >= 0.3 is 5.97 Å². The number of benzene rings is 2. The number of anilines is 2. The second-order valence-electron chi connectivity index (χ2n) is 9.02. The van der Waals surface area contributed by atoms with Gasteiger partial charge in [-0.05, 0) is 37.6 Å². The van der Waals surface area contributed by atoms with E-state index in [1.807, 2.05) is 23.1 Å². The maximum absolute atomic E-state index is 14.6. The molecular weight excluding hydrogens is 466 g/mol. The summed E-state index contributed by atoms with van der Waals surface area (Å²) in [7, 11) is 0. The summed E-state index contributed by atoms with van der Waals surface area (Å²) >= 11 is 0. The van der Waals surface area contributed by atoms with Crippen LogP contribution in [-0.4, -0.2) is 33.6 Å². The van der Waals surface area contributed by atoms with Crippen molar-refractivity contribution in [2.75, 3.05) is 23.3 Å². The number of hydrogen-bond acceptors (Lipinski definition) is 5. The van der Waals surface area contributed by atoms with E-state index in [-0.39, 0.29) is 16.9 Å². The van der Waals surface area contributed by atoms with Crippen molar-refractivity contribution in [2.45, 2.75) is 25.8 Å². The first-order chi connectivity index (χ1) is 17.2. The Hall–Kier alpha value is -4.27. The molecule has 2 aromatic carbocycles. The van der Waals surface area contributed by atoms with Crippen molar-refractivity contribution >= 4 is 23.1 Å². The number of nitrogens with one attached hydrogen (secondary N) is 1. The van der Waals surface area contributed by atoms with E-state index in [4.69, 9.17) is 4.98 Å². The van der Waals surface area contributed by atoms with Crippen molar-refractivity contribution in [1.82, 2.24) is 9.38 Å². The molecule has 7 nitrogen and oxygen atoms in total. The van der Waals surface area contributed by atoms with E-state index in [0.29, 0.717) is 36.0 Å². The van der Waals surface area contributed by atoms with Crippen molar-refractivity contribution in [3.63, 3.8) is 0 Å². The van der Waals surface area contributed by atoms with Gasteiger partial charge in [0.15, 0.2) is 0 Å². The molecule has 4 aromatic rings. The van der Waals surface area contributed by atoms with Gasteiger partial charge in [-0.25, -0.2) is 18.6 Å². The first kappa shape index (κ1) is 23.5. The van der Waals surface area contributed by atoms with Crippen LogP contribution in [-0.2, 0) is 0 Å². The van der Waals surface area contributed by atoms with Crippen LogP contribution in [0.4, 0.5) is 20.3 Å². The molecule has 0 amide bonds. The van der Waals surface area contributed by atoms with E-state index in [2.05, 4.69) is 17.4 Å². The van der Waals surface area contributed by atoms with Crippen LogP contribution >= 0.6 is 0 Å². The van der Waals surface area contributed by atoms with Gasteiger partial charge in [-0.2, -0.15) is 0 Å². The lowest BCUT2D eigenvalue weighted by molar-refractivity contribution is 0.0693. The number of halogens is 2. The van der Waals surface area contributed by atoms with E-state index in [9.17, 15) is 23.5 Å². The van der Waals surface area contributed by atoms with Gasteiger partial charge in [-0.15, -0.1) is 0 Å². The number of rotatable bonds is 6. The predicted octanol–water partition coefficient (Wildman–Crippen LogP) is 4.76. The summed E-state index contributed by atoms with van der Waals surface area (Å²) in [5.74, 6) is -2.11. The van der Waals surface area contributed by atoms with Crippen molar-refractivity contribution in [1.29, 1.82) is 0 Å². The zero-order valence-corrected chi connectivity index (χ0v) is 19.7. The summed E-state index contributed by atoms with van der Waals surface area (Å²) in [6, 6.07) is 14.5. The minimum atomic E-state index is -1.43. The van der Waals surface area contributed by atoms with Gasteiger partial charge in [0.25, 0.3) is 5.56 Å². The van der Waals surface area contributed by atoms with Gasteiger partial charge < -0.3 is 15.3 Å². The van der Waals surface area contributed by atoms with E-state index in [0.717, 1.165) is 12.3 Å². The third-order valence-electron chi connectivity index (χ3n) is 6.64. The van der Waals surface area contributed by atoms with E-state index >= 15 is 0 Å². The molecule has 0 bridgehead atoms. The zero-order chi connectivity index (χ0) is 25.6. The van der Waals surface area contributed by atoms with Crippen LogP contribution < -0.4 is 15.8 Å². The molecule has 0 aliphatic carbocycles. The molecule has 1 aliphatic heterocycles. The standard InChI is InChI=1S/C27H24F2N4O3/c1-15-24(32-12-18(13-32)17-7-4-3-5-8-17)31-25-20(11-19(28)14-33(25)26(15)34)16(2)30-22-10-6-9-21(29)23(22)27(35)36/h3-11,14,16,18,30H,12-13H2,1-2H3,(H,35,36)/t16-/m1/s1. The van der Waals surface area contributed by atoms with Gasteiger partial charge in [-0.1, -0.05) is 36.4 Å². The molecule has 0 saturated carbocycles. The van der Waals surface area contributed by atoms with Gasteiger partial charge in [0.2, 0.25) is 0 Å². The average Bonchev–Trinajstić information content (AvgIpc) is 2.81. The Morgan fingerprint density at radius 3 is 2.56 bits per heavy atom. The molecule has 1 fully saturated rings. The molecule has 1 aliphatic rings. The molecule has 0 spiro atoms. The SMILES string of the molecule is Cc1c(N2CC(c3ccccc3)C2)nc2c([C@@H](C)Nc3cccc(F)c3C(=O)O)cc(F)cn2c1=O. The van der Waals surface area contributed by atoms with E-state index in [1.54, 1.807) is 13.8 Å². The highest BCUT2D eigenvalue weighted by Gasteiger charge is 2.31. The Morgan fingerprint density at radius 2 is 1.86 bits per heavy atom. The third-order valence-corrected chi connectivity index (χ3v) is 6.64. The summed E-state index contributed by atoms with van der Waals surface area (Å²) in [6.07, 6.45) is 1.09. The Morgan fingerprint density at radius 1 is 1.14 bits per heavy atom. The number of fused-ring (bicyclic) bond motifs is 1. The lowest BCUT2D eigenvalue weighted by Crippen LogP contribution is -2.46. The van der Waals surface area contributed by atoms with Gasteiger partial charge in [-0.3, -0.25) is 9.20 Å². The third kappa shape index (κ3) is 4.06. The second-order valence-corrected chi connectivity index (χ2v) is 9.02. The molecule has 2 N–H and O–H groups in total. The predicted molar refractivity (Wildman–Crippen MR) is 133 cm³/mol. The molecule has 1 atom stereocenters. The maximum Gasteiger partial charge on any atom is 0.340 e. The maximum atomic E-state index is 14.6. The quantitative estimate of drug-likeness (QED) is 0.406. The lowest BCUT2D eigenvalue weighted by Gasteiger charge is -2.41. The van der Waals surface area contributed by atoms with Crippen LogP contribution in [0.2, 0.25) is 0 Å². The number of aromatic carboxylic acids is 1. The van der Waals surface area contributed by atoms with E-state index < -0.39 is 29.2 Å². The fourth-order valence-electron chi connectivity index (χ4n) is 4.69. The number of aromatic nitrogens is 2. The van der Waals surface area contributed by atoms with Crippen molar-refractivity contribution in [2.24, 2.45) is 0 Å². The number of nitrogens with zero attached hydrogens (tertiary/aromatic N) is 3. The minimum absolute atomic E-state index is 0.0422. The molecule has 1 saturated heterocycles. The highest BCUT2D eigenvalue weighted by atomic mass is 19.1. The topological polar surface area (TPSA) is 86.9 Å². The Kier molecular flexibility index (Phi) is 5.91. The van der Waals surface area contributed by atoms with Crippen LogP contribution in [0, 0.1) is 18.6 Å². The summed E-state index contributed by atoms with van der Waals surface area (Å²) in [5, 5.41) is 12.4. The number of pyridine rings is 1. The zero-order valence-electron chi connectivity index (χ0n) is 19.7. The number of carboxylic acids is 1. The van der Waals surface area contributed by atoms with E-state index in [1.165, 1.54) is 28.2 Å². The summed E-state index contributed by atoms with van der Waals surface area (Å²) in [5.41, 5.74) is 1.36. The highest BCUT2D eigenvalue weighted by Crippen LogP contribution is 2.33.